The number of imide groups is 1. The number of amides is 2. The van der Waals surface area contributed by atoms with Gasteiger partial charge in [0.05, 0.1) is 17.1 Å². The third-order valence-corrected chi connectivity index (χ3v) is 6.52. The van der Waals surface area contributed by atoms with Crippen LogP contribution in [0.1, 0.15) is 5.56 Å². The van der Waals surface area contributed by atoms with Crippen LogP contribution < -0.4 is 19.4 Å². The van der Waals surface area contributed by atoms with Crippen molar-refractivity contribution >= 4 is 44.8 Å². The van der Waals surface area contributed by atoms with Crippen LogP contribution in [0, 0.1) is 5.92 Å². The summed E-state index contributed by atoms with van der Waals surface area (Å²) < 4.78 is 12.2. The van der Waals surface area contributed by atoms with Crippen LogP contribution in [0.25, 0.3) is 0 Å². The van der Waals surface area contributed by atoms with Crippen LogP contribution in [-0.2, 0) is 9.59 Å². The number of carbonyl (C=O) groups is 2. The molecular formula is C25H18BrN3O4. The van der Waals surface area contributed by atoms with Crippen molar-refractivity contribution < 1.29 is 19.1 Å². The van der Waals surface area contributed by atoms with Gasteiger partial charge >= 0.3 is 0 Å². The Bertz CT molecular complexity index is 1290. The van der Waals surface area contributed by atoms with Gasteiger partial charge in [0.15, 0.2) is 11.5 Å². The van der Waals surface area contributed by atoms with Gasteiger partial charge in [-0.25, -0.2) is 4.90 Å². The molecule has 6 rings (SSSR count). The van der Waals surface area contributed by atoms with Crippen molar-refractivity contribution in [3.05, 3.63) is 82.8 Å². The molecule has 0 aromatic heterocycles. The number of rotatable bonds is 3. The highest BCUT2D eigenvalue weighted by atomic mass is 79.9. The number of para-hydroxylation sites is 1. The van der Waals surface area contributed by atoms with E-state index in [1.165, 1.54) is 4.90 Å². The van der Waals surface area contributed by atoms with Gasteiger partial charge in [-0.15, -0.1) is 0 Å². The van der Waals surface area contributed by atoms with Crippen LogP contribution >= 0.6 is 15.9 Å². The maximum Gasteiger partial charge on any atom is 0.259 e. The number of hydrogen-bond donors (Lipinski definition) is 0. The number of benzene rings is 3. The maximum atomic E-state index is 13.7. The number of nitrogens with zero attached hydrogens (tertiary/aromatic N) is 3. The van der Waals surface area contributed by atoms with E-state index in [-0.39, 0.29) is 11.8 Å². The molecule has 1 fully saturated rings. The molecule has 1 saturated heterocycles. The van der Waals surface area contributed by atoms with E-state index in [9.17, 15) is 9.59 Å². The van der Waals surface area contributed by atoms with Gasteiger partial charge in [-0.05, 0) is 42.0 Å². The molecule has 33 heavy (non-hydrogen) atoms. The van der Waals surface area contributed by atoms with Crippen molar-refractivity contribution in [2.75, 3.05) is 23.1 Å². The highest BCUT2D eigenvalue weighted by molar-refractivity contribution is 9.10. The van der Waals surface area contributed by atoms with Crippen LogP contribution in [0.2, 0.25) is 0 Å². The molecule has 3 aromatic carbocycles. The molecule has 3 heterocycles. The van der Waals surface area contributed by atoms with E-state index < -0.39 is 12.0 Å². The highest BCUT2D eigenvalue weighted by Gasteiger charge is 2.57. The number of carbonyl (C=O) groups excluding carboxylic acids is 2. The van der Waals surface area contributed by atoms with Crippen molar-refractivity contribution in [1.82, 2.24) is 0 Å². The van der Waals surface area contributed by atoms with Crippen LogP contribution in [0.5, 0.6) is 11.5 Å². The van der Waals surface area contributed by atoms with Gasteiger partial charge in [0.1, 0.15) is 25.2 Å². The second-order valence-electron chi connectivity index (χ2n) is 7.93. The molecule has 164 valence electrons. The first-order valence-electron chi connectivity index (χ1n) is 10.6. The smallest absolute Gasteiger partial charge is 0.259 e. The summed E-state index contributed by atoms with van der Waals surface area (Å²) >= 11 is 3.45. The number of anilines is 2. The summed E-state index contributed by atoms with van der Waals surface area (Å²) in [7, 11) is 0. The molecule has 2 atom stereocenters. The maximum absolute atomic E-state index is 13.7. The quantitative estimate of drug-likeness (QED) is 0.505. The van der Waals surface area contributed by atoms with E-state index in [1.807, 2.05) is 54.6 Å². The van der Waals surface area contributed by atoms with Crippen LogP contribution in [0.3, 0.4) is 0 Å². The standard InChI is InChI=1S/C25H18BrN3O4/c26-16-8-6-15(7-9-16)22-21-23(29(27-22)17-4-2-1-3-5-17)25(31)28(24(21)30)18-10-11-19-20(14-18)33-13-12-32-19/h1-11,14,21,23H,12-13H2/t21-,23+/m1/s1. The summed E-state index contributed by atoms with van der Waals surface area (Å²) in [6.45, 7) is 0.892. The van der Waals surface area contributed by atoms with Crippen molar-refractivity contribution in [3.8, 4) is 11.5 Å². The van der Waals surface area contributed by atoms with Crippen molar-refractivity contribution in [1.29, 1.82) is 0 Å². The molecule has 3 aliphatic rings. The molecule has 0 saturated carbocycles. The molecule has 3 aromatic rings. The zero-order valence-electron chi connectivity index (χ0n) is 17.3. The largest absolute Gasteiger partial charge is 0.486 e. The van der Waals surface area contributed by atoms with Crippen molar-refractivity contribution in [2.45, 2.75) is 6.04 Å². The van der Waals surface area contributed by atoms with Gasteiger partial charge in [0, 0.05) is 10.5 Å². The Labute approximate surface area is 198 Å². The zero-order valence-corrected chi connectivity index (χ0v) is 18.9. The SMILES string of the molecule is O=C1[C@@H]2C(c3ccc(Br)cc3)=NN(c3ccccc3)[C@@H]2C(=O)N1c1ccc2c(c1)OCCO2. The summed E-state index contributed by atoms with van der Waals surface area (Å²) in [5, 5.41) is 6.43. The molecule has 7 nitrogen and oxygen atoms in total. The normalized spacial score (nSPS) is 21.3. The van der Waals surface area contributed by atoms with E-state index in [0.29, 0.717) is 36.1 Å². The lowest BCUT2D eigenvalue weighted by Crippen LogP contribution is -2.39. The fourth-order valence-electron chi connectivity index (χ4n) is 4.49. The second kappa shape index (κ2) is 7.74. The van der Waals surface area contributed by atoms with Crippen molar-refractivity contribution in [2.24, 2.45) is 11.0 Å². The van der Waals surface area contributed by atoms with E-state index in [4.69, 9.17) is 14.6 Å². The topological polar surface area (TPSA) is 71.4 Å². The average molecular weight is 504 g/mol. The first kappa shape index (κ1) is 20.0. The van der Waals surface area contributed by atoms with E-state index in [1.54, 1.807) is 23.2 Å². The van der Waals surface area contributed by atoms with Crippen LogP contribution in [0.4, 0.5) is 11.4 Å². The Hall–Kier alpha value is -3.65. The molecular weight excluding hydrogens is 486 g/mol. The second-order valence-corrected chi connectivity index (χ2v) is 8.85. The minimum Gasteiger partial charge on any atom is -0.486 e. The van der Waals surface area contributed by atoms with Crippen LogP contribution in [0.15, 0.2) is 82.4 Å². The van der Waals surface area contributed by atoms with E-state index >= 15 is 0 Å². The fourth-order valence-corrected chi connectivity index (χ4v) is 4.76. The fraction of sp³-hybridized carbons (Fsp3) is 0.160. The predicted molar refractivity (Wildman–Crippen MR) is 127 cm³/mol. The number of fused-ring (bicyclic) bond motifs is 2. The lowest BCUT2D eigenvalue weighted by atomic mass is 9.93. The number of hydrogen-bond acceptors (Lipinski definition) is 6. The van der Waals surface area contributed by atoms with Gasteiger partial charge in [-0.1, -0.05) is 46.3 Å². The number of halogens is 1. The lowest BCUT2D eigenvalue weighted by Gasteiger charge is -2.23. The Morgan fingerprint density at radius 1 is 0.818 bits per heavy atom. The van der Waals surface area contributed by atoms with Gasteiger partial charge < -0.3 is 9.47 Å². The molecule has 2 amide bonds. The minimum atomic E-state index is -0.758. The Balaban J connectivity index is 1.44. The molecule has 8 heteroatoms. The molecule has 0 bridgehead atoms. The monoisotopic (exact) mass is 503 g/mol. The Kier molecular flexibility index (Phi) is 4.69. The van der Waals surface area contributed by atoms with Crippen molar-refractivity contribution in [3.63, 3.8) is 0 Å². The summed E-state index contributed by atoms with van der Waals surface area (Å²) in [4.78, 5) is 28.6. The van der Waals surface area contributed by atoms with Crippen LogP contribution in [-0.4, -0.2) is 36.8 Å². The zero-order chi connectivity index (χ0) is 22.5. The summed E-state index contributed by atoms with van der Waals surface area (Å²) in [6, 6.07) is 21.4. The minimum absolute atomic E-state index is 0.304. The Morgan fingerprint density at radius 3 is 2.30 bits per heavy atom. The van der Waals surface area contributed by atoms with Gasteiger partial charge in [-0.2, -0.15) is 5.10 Å². The first-order valence-corrected chi connectivity index (χ1v) is 11.4. The molecule has 0 radical (unpaired) electrons. The summed E-state index contributed by atoms with van der Waals surface area (Å²) in [6.07, 6.45) is 0. The molecule has 0 spiro atoms. The van der Waals surface area contributed by atoms with Gasteiger partial charge in [0.2, 0.25) is 5.91 Å². The number of hydrazone groups is 1. The highest BCUT2D eigenvalue weighted by Crippen LogP contribution is 2.41. The molecule has 0 aliphatic carbocycles. The summed E-state index contributed by atoms with van der Waals surface area (Å²) in [5.74, 6) is -0.208. The van der Waals surface area contributed by atoms with Gasteiger partial charge in [0.25, 0.3) is 5.91 Å². The predicted octanol–water partition coefficient (Wildman–Crippen LogP) is 4.00. The van der Waals surface area contributed by atoms with Gasteiger partial charge in [-0.3, -0.25) is 14.6 Å². The molecule has 3 aliphatic heterocycles. The molecule has 0 N–H and O–H groups in total. The first-order chi connectivity index (χ1) is 16.1. The van der Waals surface area contributed by atoms with E-state index in [2.05, 4.69) is 15.9 Å². The Morgan fingerprint density at radius 2 is 1.55 bits per heavy atom. The summed E-state index contributed by atoms with van der Waals surface area (Å²) in [5.41, 5.74) is 2.60. The molecule has 0 unspecified atom stereocenters. The lowest BCUT2D eigenvalue weighted by molar-refractivity contribution is -0.121. The van der Waals surface area contributed by atoms with E-state index in [0.717, 1.165) is 15.7 Å². The average Bonchev–Trinajstić information content (AvgIpc) is 3.36. The third kappa shape index (κ3) is 3.21. The third-order valence-electron chi connectivity index (χ3n) is 5.99. The number of ether oxygens (including phenoxy) is 2.